The van der Waals surface area contributed by atoms with E-state index in [-0.39, 0.29) is 0 Å². The van der Waals surface area contributed by atoms with Crippen LogP contribution in [0, 0.1) is 0 Å². The Bertz CT molecular complexity index is 525. The SMILES string of the molecule is COCCCC(O)c1cccc(OCc2ccccc2)c1. The van der Waals surface area contributed by atoms with Crippen molar-refractivity contribution in [2.75, 3.05) is 13.7 Å². The molecule has 3 heteroatoms. The fourth-order valence-electron chi connectivity index (χ4n) is 2.14. The molecule has 112 valence electrons. The van der Waals surface area contributed by atoms with Gasteiger partial charge in [0.25, 0.3) is 0 Å². The van der Waals surface area contributed by atoms with Crippen LogP contribution < -0.4 is 4.74 Å². The van der Waals surface area contributed by atoms with Gasteiger partial charge in [-0.25, -0.2) is 0 Å². The largest absolute Gasteiger partial charge is 0.489 e. The predicted octanol–water partition coefficient (Wildman–Crippen LogP) is 3.73. The average Bonchev–Trinajstić information content (AvgIpc) is 2.54. The smallest absolute Gasteiger partial charge is 0.120 e. The molecule has 0 aliphatic rings. The van der Waals surface area contributed by atoms with Crippen LogP contribution in [0.1, 0.15) is 30.1 Å². The summed E-state index contributed by atoms with van der Waals surface area (Å²) in [5, 5.41) is 10.1. The van der Waals surface area contributed by atoms with Crippen LogP contribution in [0.15, 0.2) is 54.6 Å². The minimum atomic E-state index is -0.472. The van der Waals surface area contributed by atoms with Crippen molar-refractivity contribution in [3.8, 4) is 5.75 Å². The van der Waals surface area contributed by atoms with E-state index < -0.39 is 6.10 Å². The van der Waals surface area contributed by atoms with E-state index >= 15 is 0 Å². The maximum atomic E-state index is 10.1. The summed E-state index contributed by atoms with van der Waals surface area (Å²) in [4.78, 5) is 0. The molecule has 0 fully saturated rings. The lowest BCUT2D eigenvalue weighted by molar-refractivity contribution is 0.136. The first kappa shape index (κ1) is 15.5. The molecule has 0 heterocycles. The number of hydrogen-bond donors (Lipinski definition) is 1. The molecule has 0 saturated carbocycles. The van der Waals surface area contributed by atoms with Crippen molar-refractivity contribution in [3.63, 3.8) is 0 Å². The second kappa shape index (κ2) is 8.45. The summed E-state index contributed by atoms with van der Waals surface area (Å²) in [6, 6.07) is 17.7. The van der Waals surface area contributed by atoms with Crippen molar-refractivity contribution in [1.29, 1.82) is 0 Å². The third-order valence-corrected chi connectivity index (χ3v) is 3.32. The summed E-state index contributed by atoms with van der Waals surface area (Å²) in [7, 11) is 1.67. The number of ether oxygens (including phenoxy) is 2. The Morgan fingerprint density at radius 2 is 1.86 bits per heavy atom. The minimum absolute atomic E-state index is 0.472. The van der Waals surface area contributed by atoms with Crippen molar-refractivity contribution < 1.29 is 14.6 Å². The van der Waals surface area contributed by atoms with Crippen molar-refractivity contribution >= 4 is 0 Å². The molecule has 2 rings (SSSR count). The van der Waals surface area contributed by atoms with Crippen molar-refractivity contribution in [2.45, 2.75) is 25.6 Å². The lowest BCUT2D eigenvalue weighted by Gasteiger charge is -2.13. The lowest BCUT2D eigenvalue weighted by atomic mass is 10.0. The van der Waals surface area contributed by atoms with E-state index in [1.165, 1.54) is 0 Å². The maximum Gasteiger partial charge on any atom is 0.120 e. The number of aliphatic hydroxyl groups excluding tert-OH is 1. The van der Waals surface area contributed by atoms with Gasteiger partial charge in [-0.1, -0.05) is 42.5 Å². The molecule has 21 heavy (non-hydrogen) atoms. The molecular weight excluding hydrogens is 264 g/mol. The van der Waals surface area contributed by atoms with Crippen LogP contribution in [-0.2, 0) is 11.3 Å². The Morgan fingerprint density at radius 3 is 2.62 bits per heavy atom. The van der Waals surface area contributed by atoms with Crippen LogP contribution in [0.3, 0.4) is 0 Å². The summed E-state index contributed by atoms with van der Waals surface area (Å²) >= 11 is 0. The van der Waals surface area contributed by atoms with Gasteiger partial charge < -0.3 is 14.6 Å². The molecule has 0 saturated heterocycles. The van der Waals surface area contributed by atoms with Gasteiger partial charge in [0.1, 0.15) is 12.4 Å². The molecule has 2 aromatic carbocycles. The highest BCUT2D eigenvalue weighted by Gasteiger charge is 2.08. The molecule has 0 amide bonds. The Hall–Kier alpha value is -1.84. The highest BCUT2D eigenvalue weighted by Crippen LogP contribution is 2.23. The van der Waals surface area contributed by atoms with E-state index in [9.17, 15) is 5.11 Å². The number of hydrogen-bond acceptors (Lipinski definition) is 3. The monoisotopic (exact) mass is 286 g/mol. The zero-order valence-corrected chi connectivity index (χ0v) is 12.4. The molecule has 3 nitrogen and oxygen atoms in total. The minimum Gasteiger partial charge on any atom is -0.489 e. The Balaban J connectivity index is 1.91. The van der Waals surface area contributed by atoms with Gasteiger partial charge in [-0.3, -0.25) is 0 Å². The van der Waals surface area contributed by atoms with Gasteiger partial charge in [0.2, 0.25) is 0 Å². The predicted molar refractivity (Wildman–Crippen MR) is 83.3 cm³/mol. The van der Waals surface area contributed by atoms with Gasteiger partial charge in [-0.15, -0.1) is 0 Å². The van der Waals surface area contributed by atoms with E-state index in [0.717, 1.165) is 23.3 Å². The molecule has 1 unspecified atom stereocenters. The molecule has 1 atom stereocenters. The molecule has 0 aliphatic carbocycles. The molecule has 2 aromatic rings. The van der Waals surface area contributed by atoms with Crippen molar-refractivity contribution in [3.05, 3.63) is 65.7 Å². The Labute approximate surface area is 126 Å². The average molecular weight is 286 g/mol. The fourth-order valence-corrected chi connectivity index (χ4v) is 2.14. The number of benzene rings is 2. The third kappa shape index (κ3) is 5.21. The highest BCUT2D eigenvalue weighted by atomic mass is 16.5. The van der Waals surface area contributed by atoms with Crippen LogP contribution in [0.25, 0.3) is 0 Å². The summed E-state index contributed by atoms with van der Waals surface area (Å²) in [5.74, 6) is 0.780. The lowest BCUT2D eigenvalue weighted by Crippen LogP contribution is -2.01. The first-order valence-corrected chi connectivity index (χ1v) is 7.23. The topological polar surface area (TPSA) is 38.7 Å². The van der Waals surface area contributed by atoms with Crippen LogP contribution in [-0.4, -0.2) is 18.8 Å². The van der Waals surface area contributed by atoms with E-state index in [2.05, 4.69) is 0 Å². The second-order valence-electron chi connectivity index (χ2n) is 5.00. The van der Waals surface area contributed by atoms with Crippen LogP contribution in [0.5, 0.6) is 5.75 Å². The van der Waals surface area contributed by atoms with Crippen LogP contribution in [0.4, 0.5) is 0 Å². The Morgan fingerprint density at radius 1 is 1.05 bits per heavy atom. The molecule has 0 aliphatic heterocycles. The number of rotatable bonds is 8. The first-order valence-electron chi connectivity index (χ1n) is 7.23. The summed E-state index contributed by atoms with van der Waals surface area (Å²) < 4.78 is 10.8. The molecule has 0 spiro atoms. The number of methoxy groups -OCH3 is 1. The fraction of sp³-hybridized carbons (Fsp3) is 0.333. The normalized spacial score (nSPS) is 12.1. The van der Waals surface area contributed by atoms with E-state index in [1.807, 2.05) is 54.6 Å². The maximum absolute atomic E-state index is 10.1. The van der Waals surface area contributed by atoms with Crippen LogP contribution >= 0.6 is 0 Å². The van der Waals surface area contributed by atoms with Gasteiger partial charge in [0, 0.05) is 13.7 Å². The third-order valence-electron chi connectivity index (χ3n) is 3.32. The number of aliphatic hydroxyl groups is 1. The first-order chi connectivity index (χ1) is 10.3. The zero-order chi connectivity index (χ0) is 14.9. The van der Waals surface area contributed by atoms with Crippen molar-refractivity contribution in [2.24, 2.45) is 0 Å². The zero-order valence-electron chi connectivity index (χ0n) is 12.4. The summed E-state index contributed by atoms with van der Waals surface area (Å²) in [6.45, 7) is 1.20. The molecule has 0 radical (unpaired) electrons. The van der Waals surface area contributed by atoms with Gasteiger partial charge in [-0.2, -0.15) is 0 Å². The molecular formula is C18H22O3. The quantitative estimate of drug-likeness (QED) is 0.752. The van der Waals surface area contributed by atoms with Gasteiger partial charge in [0.15, 0.2) is 0 Å². The summed E-state index contributed by atoms with van der Waals surface area (Å²) in [6.07, 6.45) is 1.06. The Kier molecular flexibility index (Phi) is 6.25. The molecule has 1 N–H and O–H groups in total. The van der Waals surface area contributed by atoms with Crippen LogP contribution in [0.2, 0.25) is 0 Å². The summed E-state index contributed by atoms with van der Waals surface area (Å²) in [5.41, 5.74) is 2.01. The van der Waals surface area contributed by atoms with Gasteiger partial charge >= 0.3 is 0 Å². The highest BCUT2D eigenvalue weighted by molar-refractivity contribution is 5.30. The van der Waals surface area contributed by atoms with E-state index in [0.29, 0.717) is 19.6 Å². The standard InChI is InChI=1S/C18H22O3/c1-20-12-6-11-18(19)16-9-5-10-17(13-16)21-14-15-7-3-2-4-8-15/h2-5,7-10,13,18-19H,6,11-12,14H2,1H3. The molecule has 0 bridgehead atoms. The molecule has 0 aromatic heterocycles. The second-order valence-corrected chi connectivity index (χ2v) is 5.00. The van der Waals surface area contributed by atoms with Crippen molar-refractivity contribution in [1.82, 2.24) is 0 Å². The van der Waals surface area contributed by atoms with E-state index in [4.69, 9.17) is 9.47 Å². The van der Waals surface area contributed by atoms with Gasteiger partial charge in [-0.05, 0) is 36.1 Å². The van der Waals surface area contributed by atoms with E-state index in [1.54, 1.807) is 7.11 Å². The van der Waals surface area contributed by atoms with Gasteiger partial charge in [0.05, 0.1) is 6.10 Å².